The Bertz CT molecular complexity index is 1370. The van der Waals surface area contributed by atoms with Gasteiger partial charge < -0.3 is 4.74 Å². The SMILES string of the molecule is Cc1sc(NC(=O)c2cc3c(nc4sccn43)s2)nc1-c1ccc(OC(F)F)cc1. The quantitative estimate of drug-likeness (QED) is 0.353. The minimum atomic E-state index is -2.87. The third-order valence-electron chi connectivity index (χ3n) is 4.33. The number of anilines is 1. The predicted octanol–water partition coefficient (Wildman–Crippen LogP) is 5.90. The third-order valence-corrected chi connectivity index (χ3v) is 6.99. The van der Waals surface area contributed by atoms with Gasteiger partial charge in [-0.3, -0.25) is 14.5 Å². The van der Waals surface area contributed by atoms with Crippen LogP contribution >= 0.6 is 34.0 Å². The number of benzene rings is 1. The van der Waals surface area contributed by atoms with E-state index in [2.05, 4.69) is 20.0 Å². The molecule has 5 rings (SSSR count). The monoisotopic (exact) mass is 462 g/mol. The van der Waals surface area contributed by atoms with E-state index in [4.69, 9.17) is 0 Å². The van der Waals surface area contributed by atoms with Gasteiger partial charge in [0.2, 0.25) is 0 Å². The van der Waals surface area contributed by atoms with Crippen molar-refractivity contribution in [3.05, 3.63) is 51.7 Å². The highest BCUT2D eigenvalue weighted by Gasteiger charge is 2.18. The number of carbonyl (C=O) groups is 1. The zero-order chi connectivity index (χ0) is 20.8. The number of ether oxygens (including phenoxy) is 1. The number of aryl methyl sites for hydroxylation is 1. The minimum absolute atomic E-state index is 0.0815. The molecular formula is C19H12F2N4O2S3. The molecule has 0 fully saturated rings. The van der Waals surface area contributed by atoms with Crippen LogP contribution in [0.15, 0.2) is 41.9 Å². The van der Waals surface area contributed by atoms with Crippen LogP contribution in [0.1, 0.15) is 14.5 Å². The fourth-order valence-electron chi connectivity index (χ4n) is 3.03. The summed E-state index contributed by atoms with van der Waals surface area (Å²) >= 11 is 4.23. The van der Waals surface area contributed by atoms with E-state index in [0.717, 1.165) is 25.7 Å². The lowest BCUT2D eigenvalue weighted by Gasteiger charge is -2.05. The average molecular weight is 463 g/mol. The van der Waals surface area contributed by atoms with E-state index in [0.29, 0.717) is 15.7 Å². The number of thiophene rings is 1. The Hall–Kier alpha value is -2.89. The molecule has 0 saturated heterocycles. The summed E-state index contributed by atoms with van der Waals surface area (Å²) in [6, 6.07) is 8.07. The lowest BCUT2D eigenvalue weighted by Crippen LogP contribution is -2.09. The molecule has 1 aromatic carbocycles. The van der Waals surface area contributed by atoms with Crippen molar-refractivity contribution in [1.29, 1.82) is 0 Å². The van der Waals surface area contributed by atoms with E-state index in [-0.39, 0.29) is 11.7 Å². The molecule has 0 spiro atoms. The molecule has 1 amide bonds. The van der Waals surface area contributed by atoms with Gasteiger partial charge in [-0.25, -0.2) is 9.97 Å². The molecule has 30 heavy (non-hydrogen) atoms. The summed E-state index contributed by atoms with van der Waals surface area (Å²) < 4.78 is 30.9. The van der Waals surface area contributed by atoms with E-state index in [1.807, 2.05) is 29.0 Å². The first-order chi connectivity index (χ1) is 14.5. The molecule has 0 unspecified atom stereocenters. The van der Waals surface area contributed by atoms with Crippen LogP contribution in [-0.2, 0) is 0 Å². The number of carbonyl (C=O) groups excluding carboxylic acids is 1. The number of aromatic nitrogens is 3. The van der Waals surface area contributed by atoms with E-state index in [1.165, 1.54) is 34.8 Å². The molecule has 0 bridgehead atoms. The summed E-state index contributed by atoms with van der Waals surface area (Å²) in [7, 11) is 0. The number of fused-ring (bicyclic) bond motifs is 3. The van der Waals surface area contributed by atoms with Gasteiger partial charge in [-0.05, 0) is 37.3 Å². The molecule has 0 radical (unpaired) electrons. The molecular weight excluding hydrogens is 450 g/mol. The highest BCUT2D eigenvalue weighted by molar-refractivity contribution is 7.21. The Kier molecular flexibility index (Phi) is 4.72. The Balaban J connectivity index is 1.36. The van der Waals surface area contributed by atoms with Gasteiger partial charge >= 0.3 is 6.61 Å². The maximum atomic E-state index is 12.7. The van der Waals surface area contributed by atoms with Crippen LogP contribution in [0.2, 0.25) is 0 Å². The highest BCUT2D eigenvalue weighted by Crippen LogP contribution is 2.33. The third kappa shape index (κ3) is 3.44. The summed E-state index contributed by atoms with van der Waals surface area (Å²) in [5.41, 5.74) is 2.34. The van der Waals surface area contributed by atoms with Crippen molar-refractivity contribution in [3.8, 4) is 17.0 Å². The zero-order valence-corrected chi connectivity index (χ0v) is 17.7. The van der Waals surface area contributed by atoms with Gasteiger partial charge in [0.15, 0.2) is 10.1 Å². The van der Waals surface area contributed by atoms with Gasteiger partial charge in [-0.1, -0.05) is 0 Å². The number of nitrogens with one attached hydrogen (secondary N) is 1. The van der Waals surface area contributed by atoms with E-state index >= 15 is 0 Å². The van der Waals surface area contributed by atoms with Gasteiger partial charge in [-0.15, -0.1) is 34.0 Å². The topological polar surface area (TPSA) is 68.5 Å². The highest BCUT2D eigenvalue weighted by atomic mass is 32.1. The van der Waals surface area contributed by atoms with Crippen LogP contribution in [0.5, 0.6) is 5.75 Å². The Morgan fingerprint density at radius 1 is 1.20 bits per heavy atom. The number of alkyl halides is 2. The van der Waals surface area contributed by atoms with Crippen molar-refractivity contribution in [2.75, 3.05) is 5.32 Å². The molecule has 5 aromatic rings. The van der Waals surface area contributed by atoms with Crippen molar-refractivity contribution in [2.45, 2.75) is 13.5 Å². The largest absolute Gasteiger partial charge is 0.435 e. The molecule has 0 aliphatic heterocycles. The standard InChI is InChI=1S/C19H12F2N4O2S3/c1-9-14(10-2-4-11(5-3-10)27-17(20)21)22-18(29-9)23-15(26)13-8-12-16(30-13)24-19-25(12)6-7-28-19/h2-8,17H,1H3,(H,22,23,26). The van der Waals surface area contributed by atoms with Crippen LogP contribution in [0.25, 0.3) is 26.6 Å². The molecule has 0 saturated carbocycles. The fraction of sp³-hybridized carbons (Fsp3) is 0.105. The number of hydrogen-bond donors (Lipinski definition) is 1. The Morgan fingerprint density at radius 3 is 2.77 bits per heavy atom. The van der Waals surface area contributed by atoms with E-state index in [1.54, 1.807) is 23.5 Å². The van der Waals surface area contributed by atoms with Crippen molar-refractivity contribution in [1.82, 2.24) is 14.4 Å². The number of rotatable bonds is 5. The van der Waals surface area contributed by atoms with Crippen molar-refractivity contribution in [3.63, 3.8) is 0 Å². The zero-order valence-electron chi connectivity index (χ0n) is 15.3. The normalized spacial score (nSPS) is 11.6. The number of hydrogen-bond acceptors (Lipinski definition) is 7. The summed E-state index contributed by atoms with van der Waals surface area (Å²) in [6.07, 6.45) is 1.93. The molecule has 4 aromatic heterocycles. The first-order valence-electron chi connectivity index (χ1n) is 8.67. The molecule has 11 heteroatoms. The molecule has 6 nitrogen and oxygen atoms in total. The number of nitrogens with zero attached hydrogens (tertiary/aromatic N) is 3. The van der Waals surface area contributed by atoms with Gasteiger partial charge in [0, 0.05) is 22.0 Å². The Labute approximate surface area is 180 Å². The number of thiazole rings is 2. The van der Waals surface area contributed by atoms with Crippen molar-refractivity contribution in [2.24, 2.45) is 0 Å². The first kappa shape index (κ1) is 19.1. The number of imidazole rings is 1. The lowest BCUT2D eigenvalue weighted by molar-refractivity contribution is -0.0498. The van der Waals surface area contributed by atoms with Crippen molar-refractivity contribution >= 4 is 60.4 Å². The minimum Gasteiger partial charge on any atom is -0.435 e. The summed E-state index contributed by atoms with van der Waals surface area (Å²) in [5, 5.41) is 5.26. The number of halogens is 2. The lowest BCUT2D eigenvalue weighted by atomic mass is 10.1. The van der Waals surface area contributed by atoms with E-state index in [9.17, 15) is 13.6 Å². The first-order valence-corrected chi connectivity index (χ1v) is 11.2. The fourth-order valence-corrected chi connectivity index (χ4v) is 5.56. The summed E-state index contributed by atoms with van der Waals surface area (Å²) in [4.78, 5) is 24.9. The van der Waals surface area contributed by atoms with Crippen LogP contribution in [0.4, 0.5) is 13.9 Å². The summed E-state index contributed by atoms with van der Waals surface area (Å²) in [5.74, 6) is -0.166. The molecule has 0 atom stereocenters. The van der Waals surface area contributed by atoms with Gasteiger partial charge in [0.1, 0.15) is 10.6 Å². The van der Waals surface area contributed by atoms with Crippen molar-refractivity contribution < 1.29 is 18.3 Å². The van der Waals surface area contributed by atoms with Crippen LogP contribution in [-0.4, -0.2) is 26.9 Å². The Morgan fingerprint density at radius 2 is 2.00 bits per heavy atom. The van der Waals surface area contributed by atoms with Crippen LogP contribution in [0.3, 0.4) is 0 Å². The second-order valence-corrected chi connectivity index (χ2v) is 9.36. The number of amides is 1. The van der Waals surface area contributed by atoms with Gasteiger partial charge in [0.05, 0.1) is 16.1 Å². The predicted molar refractivity (Wildman–Crippen MR) is 115 cm³/mol. The molecule has 1 N–H and O–H groups in total. The maximum absolute atomic E-state index is 12.7. The van der Waals surface area contributed by atoms with Gasteiger partial charge in [-0.2, -0.15) is 8.78 Å². The van der Waals surface area contributed by atoms with Gasteiger partial charge in [0.25, 0.3) is 5.91 Å². The summed E-state index contributed by atoms with van der Waals surface area (Å²) in [6.45, 7) is -0.977. The smallest absolute Gasteiger partial charge is 0.387 e. The average Bonchev–Trinajstić information content (AvgIpc) is 3.43. The maximum Gasteiger partial charge on any atom is 0.387 e. The second-order valence-electron chi connectivity index (χ2n) is 6.25. The molecule has 0 aliphatic rings. The molecule has 152 valence electrons. The second kappa shape index (κ2) is 7.42. The molecule has 0 aliphatic carbocycles. The van der Waals surface area contributed by atoms with E-state index < -0.39 is 6.61 Å². The molecule has 4 heterocycles. The van der Waals surface area contributed by atoms with Crippen LogP contribution < -0.4 is 10.1 Å². The van der Waals surface area contributed by atoms with Crippen LogP contribution in [0, 0.1) is 6.92 Å².